The van der Waals surface area contributed by atoms with Crippen LogP contribution in [0.4, 0.5) is 11.4 Å². The Kier molecular flexibility index (Phi) is 7.28. The highest BCUT2D eigenvalue weighted by molar-refractivity contribution is 9.10. The van der Waals surface area contributed by atoms with Crippen molar-refractivity contribution in [3.63, 3.8) is 0 Å². The first kappa shape index (κ1) is 23.6. The number of benzene rings is 3. The van der Waals surface area contributed by atoms with Crippen LogP contribution in [0.2, 0.25) is 0 Å². The number of nitro groups is 1. The SMILES string of the molecule is O=C1/C(=C/c2cc(Br)ccc2OCc2ccc([N+](=O)[O-])cc2)SC(=S)N1c1cccc(Br)c1. The fourth-order valence-electron chi connectivity index (χ4n) is 3.09. The number of ether oxygens (including phenoxy) is 1. The number of nitrogens with zero attached hydrogens (tertiary/aromatic N) is 2. The fraction of sp³-hybridized carbons (Fsp3) is 0.0435. The molecule has 4 rings (SSSR count). The highest BCUT2D eigenvalue weighted by Crippen LogP contribution is 2.38. The summed E-state index contributed by atoms with van der Waals surface area (Å²) in [5.41, 5.74) is 2.21. The van der Waals surface area contributed by atoms with E-state index in [2.05, 4.69) is 31.9 Å². The van der Waals surface area contributed by atoms with Crippen molar-refractivity contribution in [2.75, 3.05) is 4.90 Å². The Hall–Kier alpha value is -2.53. The first-order valence-corrected chi connectivity index (χ1v) is 12.3. The number of amides is 1. The number of thioether (sulfide) groups is 1. The number of halogens is 2. The fourth-order valence-corrected chi connectivity index (χ4v) is 5.14. The maximum Gasteiger partial charge on any atom is 0.270 e. The van der Waals surface area contributed by atoms with E-state index in [1.165, 1.54) is 28.8 Å². The first-order valence-electron chi connectivity index (χ1n) is 9.51. The highest BCUT2D eigenvalue weighted by Gasteiger charge is 2.33. The third-order valence-electron chi connectivity index (χ3n) is 4.66. The molecule has 1 fully saturated rings. The van der Waals surface area contributed by atoms with Crippen LogP contribution in [0, 0.1) is 10.1 Å². The monoisotopic (exact) mass is 604 g/mol. The summed E-state index contributed by atoms with van der Waals surface area (Å²) in [6.07, 6.45) is 1.76. The van der Waals surface area contributed by atoms with Crippen LogP contribution in [-0.4, -0.2) is 15.2 Å². The molecule has 3 aromatic rings. The van der Waals surface area contributed by atoms with Crippen LogP contribution in [0.25, 0.3) is 6.08 Å². The predicted octanol–water partition coefficient (Wildman–Crippen LogP) is 7.10. The second-order valence-electron chi connectivity index (χ2n) is 6.89. The van der Waals surface area contributed by atoms with Crippen molar-refractivity contribution in [1.29, 1.82) is 0 Å². The van der Waals surface area contributed by atoms with Gasteiger partial charge in [0.2, 0.25) is 0 Å². The molecule has 1 saturated heterocycles. The molecule has 33 heavy (non-hydrogen) atoms. The molecular formula is C23H14Br2N2O4S2. The molecule has 1 amide bonds. The van der Waals surface area contributed by atoms with Gasteiger partial charge in [-0.2, -0.15) is 0 Å². The number of hydrogen-bond donors (Lipinski definition) is 0. The highest BCUT2D eigenvalue weighted by atomic mass is 79.9. The second kappa shape index (κ2) is 10.2. The number of carbonyl (C=O) groups excluding carboxylic acids is 1. The Bertz CT molecular complexity index is 1300. The van der Waals surface area contributed by atoms with Crippen LogP contribution in [0.3, 0.4) is 0 Å². The lowest BCUT2D eigenvalue weighted by molar-refractivity contribution is -0.384. The molecule has 1 aliphatic rings. The standard InChI is InChI=1S/C23H14Br2N2O4S2/c24-16-2-1-3-19(12-16)26-22(28)21(33-23(26)32)11-15-10-17(25)6-9-20(15)31-13-14-4-7-18(8-5-14)27(29)30/h1-12H,13H2/b21-11-. The minimum atomic E-state index is -0.443. The average molecular weight is 606 g/mol. The largest absolute Gasteiger partial charge is 0.488 e. The molecule has 0 bridgehead atoms. The van der Waals surface area contributed by atoms with Crippen molar-refractivity contribution >= 4 is 83.5 Å². The van der Waals surface area contributed by atoms with Crippen LogP contribution < -0.4 is 9.64 Å². The molecule has 0 saturated carbocycles. The minimum Gasteiger partial charge on any atom is -0.488 e. The molecule has 0 radical (unpaired) electrons. The number of thiocarbonyl (C=S) groups is 1. The smallest absolute Gasteiger partial charge is 0.270 e. The van der Waals surface area contributed by atoms with Gasteiger partial charge >= 0.3 is 0 Å². The van der Waals surface area contributed by atoms with E-state index in [0.717, 1.165) is 14.5 Å². The van der Waals surface area contributed by atoms with Crippen LogP contribution in [0.1, 0.15) is 11.1 Å². The second-order valence-corrected chi connectivity index (χ2v) is 10.4. The number of anilines is 1. The molecule has 1 heterocycles. The van der Waals surface area contributed by atoms with Crippen molar-refractivity contribution in [2.24, 2.45) is 0 Å². The van der Waals surface area contributed by atoms with E-state index in [0.29, 0.717) is 26.2 Å². The van der Waals surface area contributed by atoms with Crippen LogP contribution in [0.15, 0.2) is 80.6 Å². The molecule has 0 atom stereocenters. The van der Waals surface area contributed by atoms with Gasteiger partial charge in [-0.1, -0.05) is 61.9 Å². The van der Waals surface area contributed by atoms with E-state index in [-0.39, 0.29) is 18.2 Å². The lowest BCUT2D eigenvalue weighted by Crippen LogP contribution is -2.27. The predicted molar refractivity (Wildman–Crippen MR) is 141 cm³/mol. The lowest BCUT2D eigenvalue weighted by Gasteiger charge is -2.14. The number of rotatable bonds is 6. The van der Waals surface area contributed by atoms with Crippen molar-refractivity contribution in [1.82, 2.24) is 0 Å². The topological polar surface area (TPSA) is 72.7 Å². The van der Waals surface area contributed by atoms with E-state index in [1.54, 1.807) is 24.3 Å². The van der Waals surface area contributed by atoms with Gasteiger partial charge in [0.25, 0.3) is 11.6 Å². The van der Waals surface area contributed by atoms with E-state index in [9.17, 15) is 14.9 Å². The molecular weight excluding hydrogens is 592 g/mol. The average Bonchev–Trinajstić information content (AvgIpc) is 3.06. The summed E-state index contributed by atoms with van der Waals surface area (Å²) in [6, 6.07) is 19.1. The summed E-state index contributed by atoms with van der Waals surface area (Å²) < 4.78 is 8.11. The van der Waals surface area contributed by atoms with E-state index in [4.69, 9.17) is 17.0 Å². The van der Waals surface area contributed by atoms with Crippen LogP contribution in [0.5, 0.6) is 5.75 Å². The van der Waals surface area contributed by atoms with E-state index >= 15 is 0 Å². The summed E-state index contributed by atoms with van der Waals surface area (Å²) in [5.74, 6) is 0.369. The summed E-state index contributed by atoms with van der Waals surface area (Å²) in [5, 5.41) is 10.8. The Balaban J connectivity index is 1.58. The normalized spacial score (nSPS) is 14.7. The molecule has 0 aliphatic carbocycles. The molecule has 0 aromatic heterocycles. The molecule has 0 spiro atoms. The van der Waals surface area contributed by atoms with Gasteiger partial charge < -0.3 is 4.74 Å². The van der Waals surface area contributed by atoms with Crippen molar-refractivity contribution in [3.05, 3.63) is 102 Å². The van der Waals surface area contributed by atoms with Crippen LogP contribution in [-0.2, 0) is 11.4 Å². The van der Waals surface area contributed by atoms with Gasteiger partial charge in [0.05, 0.1) is 15.5 Å². The van der Waals surface area contributed by atoms with Crippen molar-refractivity contribution < 1.29 is 14.5 Å². The van der Waals surface area contributed by atoms with Gasteiger partial charge in [-0.25, -0.2) is 0 Å². The van der Waals surface area contributed by atoms with Gasteiger partial charge in [0, 0.05) is 26.6 Å². The van der Waals surface area contributed by atoms with Crippen molar-refractivity contribution in [2.45, 2.75) is 6.61 Å². The summed E-state index contributed by atoms with van der Waals surface area (Å²) in [6.45, 7) is 0.222. The quantitative estimate of drug-likeness (QED) is 0.129. The Morgan fingerprint density at radius 2 is 1.79 bits per heavy atom. The minimum absolute atomic E-state index is 0.0237. The molecule has 6 nitrogen and oxygen atoms in total. The third kappa shape index (κ3) is 5.52. The third-order valence-corrected chi connectivity index (χ3v) is 6.95. The summed E-state index contributed by atoms with van der Waals surface area (Å²) in [4.78, 5) is 25.5. The Morgan fingerprint density at radius 1 is 1.06 bits per heavy atom. The molecule has 3 aromatic carbocycles. The van der Waals surface area contributed by atoms with Crippen LogP contribution >= 0.6 is 55.8 Å². The Labute approximate surface area is 216 Å². The molecule has 10 heteroatoms. The maximum absolute atomic E-state index is 13.1. The summed E-state index contributed by atoms with van der Waals surface area (Å²) >= 11 is 13.6. The maximum atomic E-state index is 13.1. The van der Waals surface area contributed by atoms with Gasteiger partial charge in [0.15, 0.2) is 4.32 Å². The number of non-ortho nitro benzene ring substituents is 1. The first-order chi connectivity index (χ1) is 15.8. The zero-order valence-corrected chi connectivity index (χ0v) is 21.5. The van der Waals surface area contributed by atoms with Gasteiger partial charge in [-0.05, 0) is 60.2 Å². The summed E-state index contributed by atoms with van der Waals surface area (Å²) in [7, 11) is 0. The Morgan fingerprint density at radius 3 is 2.48 bits per heavy atom. The molecule has 1 aliphatic heterocycles. The lowest BCUT2D eigenvalue weighted by atomic mass is 10.1. The number of hydrogen-bond acceptors (Lipinski definition) is 6. The van der Waals surface area contributed by atoms with Gasteiger partial charge in [0.1, 0.15) is 12.4 Å². The zero-order valence-electron chi connectivity index (χ0n) is 16.7. The van der Waals surface area contributed by atoms with Gasteiger partial charge in [-0.3, -0.25) is 19.8 Å². The van der Waals surface area contributed by atoms with E-state index < -0.39 is 4.92 Å². The van der Waals surface area contributed by atoms with Crippen molar-refractivity contribution in [3.8, 4) is 5.75 Å². The van der Waals surface area contributed by atoms with Gasteiger partial charge in [-0.15, -0.1) is 0 Å². The molecule has 166 valence electrons. The number of nitro benzene ring substituents is 1. The molecule has 0 unspecified atom stereocenters. The number of carbonyl (C=O) groups is 1. The van der Waals surface area contributed by atoms with E-state index in [1.807, 2.05) is 36.4 Å². The molecule has 0 N–H and O–H groups in total. The zero-order chi connectivity index (χ0) is 23.5.